The monoisotopic (exact) mass is 325 g/mol. The van der Waals surface area contributed by atoms with Crippen molar-refractivity contribution in [3.05, 3.63) is 30.1 Å². The quantitative estimate of drug-likeness (QED) is 0.773. The third kappa shape index (κ3) is 2.79. The third-order valence-corrected chi connectivity index (χ3v) is 3.88. The standard InChI is InChI=1S/C18H23N5O/c1-5-9-24-18-13(7-6-8-20-18)15-10-14-12(4)22-23(11(2)3)16(14)17(19)21-15/h6-8,10-11H,5,9H2,1-4H3,(H2,19,21). The van der Waals surface area contributed by atoms with Crippen molar-refractivity contribution in [3.8, 4) is 17.1 Å². The Morgan fingerprint density at radius 2 is 2.12 bits per heavy atom. The van der Waals surface area contributed by atoms with Gasteiger partial charge in [0, 0.05) is 17.6 Å². The van der Waals surface area contributed by atoms with E-state index in [1.54, 1.807) is 6.20 Å². The second-order valence-corrected chi connectivity index (χ2v) is 6.12. The molecular formula is C18H23N5O. The number of hydrogen-bond donors (Lipinski definition) is 1. The molecule has 6 nitrogen and oxygen atoms in total. The van der Waals surface area contributed by atoms with Crippen molar-refractivity contribution in [2.45, 2.75) is 40.2 Å². The van der Waals surface area contributed by atoms with Gasteiger partial charge in [-0.2, -0.15) is 5.10 Å². The smallest absolute Gasteiger partial charge is 0.222 e. The van der Waals surface area contributed by atoms with Gasteiger partial charge in [0.15, 0.2) is 0 Å². The molecule has 3 rings (SSSR count). The zero-order valence-corrected chi connectivity index (χ0v) is 14.6. The van der Waals surface area contributed by atoms with E-state index in [-0.39, 0.29) is 6.04 Å². The summed E-state index contributed by atoms with van der Waals surface area (Å²) in [6.07, 6.45) is 2.64. The lowest BCUT2D eigenvalue weighted by Gasteiger charge is -2.11. The molecule has 0 fully saturated rings. The minimum atomic E-state index is 0.220. The number of rotatable bonds is 5. The van der Waals surface area contributed by atoms with Crippen LogP contribution in [-0.4, -0.2) is 26.4 Å². The fourth-order valence-corrected chi connectivity index (χ4v) is 2.75. The van der Waals surface area contributed by atoms with Gasteiger partial charge in [-0.1, -0.05) is 6.92 Å². The van der Waals surface area contributed by atoms with Gasteiger partial charge in [-0.3, -0.25) is 4.68 Å². The summed E-state index contributed by atoms with van der Waals surface area (Å²) in [5.74, 6) is 1.06. The fraction of sp³-hybridized carbons (Fsp3) is 0.389. The molecule has 0 atom stereocenters. The molecule has 2 N–H and O–H groups in total. The van der Waals surface area contributed by atoms with E-state index in [4.69, 9.17) is 10.5 Å². The topological polar surface area (TPSA) is 78.9 Å². The van der Waals surface area contributed by atoms with E-state index >= 15 is 0 Å². The number of nitrogens with zero attached hydrogens (tertiary/aromatic N) is 4. The van der Waals surface area contributed by atoms with Crippen LogP contribution in [0.25, 0.3) is 22.2 Å². The average molecular weight is 325 g/mol. The Kier molecular flexibility index (Phi) is 4.38. The van der Waals surface area contributed by atoms with Crippen LogP contribution in [0.2, 0.25) is 0 Å². The Morgan fingerprint density at radius 3 is 2.83 bits per heavy atom. The van der Waals surface area contributed by atoms with Crippen molar-refractivity contribution in [3.63, 3.8) is 0 Å². The number of fused-ring (bicyclic) bond motifs is 1. The van der Waals surface area contributed by atoms with Crippen LogP contribution >= 0.6 is 0 Å². The van der Waals surface area contributed by atoms with E-state index in [0.29, 0.717) is 18.3 Å². The first kappa shape index (κ1) is 16.2. The maximum Gasteiger partial charge on any atom is 0.222 e. The van der Waals surface area contributed by atoms with Crippen molar-refractivity contribution < 1.29 is 4.74 Å². The molecule has 0 bridgehead atoms. The molecule has 3 aromatic heterocycles. The Balaban J connectivity index is 2.17. The first-order valence-corrected chi connectivity index (χ1v) is 8.26. The zero-order chi connectivity index (χ0) is 17.3. The van der Waals surface area contributed by atoms with Gasteiger partial charge in [-0.25, -0.2) is 9.97 Å². The van der Waals surface area contributed by atoms with Gasteiger partial charge in [-0.05, 0) is 45.4 Å². The van der Waals surface area contributed by atoms with Crippen LogP contribution in [0.1, 0.15) is 38.9 Å². The van der Waals surface area contributed by atoms with Crippen molar-refractivity contribution in [2.24, 2.45) is 0 Å². The number of aromatic nitrogens is 4. The fourth-order valence-electron chi connectivity index (χ4n) is 2.75. The number of anilines is 1. The Hall–Kier alpha value is -2.63. The lowest BCUT2D eigenvalue weighted by Crippen LogP contribution is -2.06. The van der Waals surface area contributed by atoms with Crippen LogP contribution in [0.5, 0.6) is 5.88 Å². The van der Waals surface area contributed by atoms with Crippen molar-refractivity contribution in [1.82, 2.24) is 19.7 Å². The molecule has 0 unspecified atom stereocenters. The molecular weight excluding hydrogens is 302 g/mol. The highest BCUT2D eigenvalue weighted by molar-refractivity contribution is 5.93. The zero-order valence-electron chi connectivity index (χ0n) is 14.6. The van der Waals surface area contributed by atoms with Crippen LogP contribution in [0, 0.1) is 6.92 Å². The van der Waals surface area contributed by atoms with E-state index in [0.717, 1.165) is 34.3 Å². The van der Waals surface area contributed by atoms with Crippen molar-refractivity contribution >= 4 is 16.7 Å². The summed E-state index contributed by atoms with van der Waals surface area (Å²) < 4.78 is 7.68. The number of pyridine rings is 2. The van der Waals surface area contributed by atoms with Crippen molar-refractivity contribution in [1.29, 1.82) is 0 Å². The molecule has 3 aromatic rings. The summed E-state index contributed by atoms with van der Waals surface area (Å²) in [6.45, 7) is 8.83. The highest BCUT2D eigenvalue weighted by Gasteiger charge is 2.17. The average Bonchev–Trinajstić information content (AvgIpc) is 2.91. The summed E-state index contributed by atoms with van der Waals surface area (Å²) in [4.78, 5) is 8.93. The maximum absolute atomic E-state index is 6.26. The molecule has 0 saturated carbocycles. The summed E-state index contributed by atoms with van der Waals surface area (Å²) in [7, 11) is 0. The predicted octanol–water partition coefficient (Wildman–Crippen LogP) is 3.75. The van der Waals surface area contributed by atoms with Gasteiger partial charge in [0.1, 0.15) is 11.3 Å². The molecule has 6 heteroatoms. The van der Waals surface area contributed by atoms with Gasteiger partial charge in [0.05, 0.1) is 23.6 Å². The second-order valence-electron chi connectivity index (χ2n) is 6.12. The minimum absolute atomic E-state index is 0.220. The maximum atomic E-state index is 6.26. The molecule has 0 aromatic carbocycles. The normalized spacial score (nSPS) is 11.4. The number of hydrogen-bond acceptors (Lipinski definition) is 5. The SMILES string of the molecule is CCCOc1ncccc1-c1cc2c(C)nn(C(C)C)c2c(N)n1. The third-order valence-electron chi connectivity index (χ3n) is 3.88. The molecule has 0 aliphatic heterocycles. The van der Waals surface area contributed by atoms with E-state index in [1.165, 1.54) is 0 Å². The van der Waals surface area contributed by atoms with Crippen LogP contribution < -0.4 is 10.5 Å². The van der Waals surface area contributed by atoms with Gasteiger partial charge >= 0.3 is 0 Å². The minimum Gasteiger partial charge on any atom is -0.477 e. The second kappa shape index (κ2) is 6.47. The van der Waals surface area contributed by atoms with Gasteiger partial charge < -0.3 is 10.5 Å². The molecule has 0 radical (unpaired) electrons. The lowest BCUT2D eigenvalue weighted by atomic mass is 10.1. The molecule has 0 spiro atoms. The molecule has 126 valence electrons. The van der Waals surface area contributed by atoms with Gasteiger partial charge in [-0.15, -0.1) is 0 Å². The number of nitrogen functional groups attached to an aromatic ring is 1. The van der Waals surface area contributed by atoms with Gasteiger partial charge in [0.2, 0.25) is 5.88 Å². The van der Waals surface area contributed by atoms with Crippen LogP contribution in [0.3, 0.4) is 0 Å². The van der Waals surface area contributed by atoms with Gasteiger partial charge in [0.25, 0.3) is 0 Å². The first-order chi connectivity index (χ1) is 11.5. The Morgan fingerprint density at radius 1 is 1.33 bits per heavy atom. The summed E-state index contributed by atoms with van der Waals surface area (Å²) in [6, 6.07) is 6.06. The van der Waals surface area contributed by atoms with Crippen LogP contribution in [-0.2, 0) is 0 Å². The van der Waals surface area contributed by atoms with Crippen LogP contribution in [0.4, 0.5) is 5.82 Å². The van der Waals surface area contributed by atoms with Crippen LogP contribution in [0.15, 0.2) is 24.4 Å². The number of aryl methyl sites for hydroxylation is 1. The van der Waals surface area contributed by atoms with E-state index in [2.05, 4.69) is 35.8 Å². The highest BCUT2D eigenvalue weighted by atomic mass is 16.5. The number of ether oxygens (including phenoxy) is 1. The molecule has 0 aliphatic rings. The molecule has 3 heterocycles. The lowest BCUT2D eigenvalue weighted by molar-refractivity contribution is 0.306. The molecule has 0 aliphatic carbocycles. The van der Waals surface area contributed by atoms with E-state index in [9.17, 15) is 0 Å². The summed E-state index contributed by atoms with van der Waals surface area (Å²) in [5.41, 5.74) is 9.68. The molecule has 0 saturated heterocycles. The van der Waals surface area contributed by atoms with Crippen molar-refractivity contribution in [2.75, 3.05) is 12.3 Å². The Bertz CT molecular complexity index is 869. The number of nitrogens with two attached hydrogens (primary N) is 1. The van der Waals surface area contributed by atoms with E-state index < -0.39 is 0 Å². The predicted molar refractivity (Wildman–Crippen MR) is 96.1 cm³/mol. The van der Waals surface area contributed by atoms with E-state index in [1.807, 2.05) is 29.8 Å². The first-order valence-electron chi connectivity index (χ1n) is 8.26. The summed E-state index contributed by atoms with van der Waals surface area (Å²) in [5, 5.41) is 5.62. The largest absolute Gasteiger partial charge is 0.477 e. The summed E-state index contributed by atoms with van der Waals surface area (Å²) >= 11 is 0. The molecule has 0 amide bonds. The highest BCUT2D eigenvalue weighted by Crippen LogP contribution is 2.33. The Labute approximate surface area is 141 Å². The molecule has 24 heavy (non-hydrogen) atoms.